The summed E-state index contributed by atoms with van der Waals surface area (Å²) in [6.07, 6.45) is 0. The molecule has 0 saturated heterocycles. The molecule has 0 fully saturated rings. The number of aromatic hydroxyl groups is 3. The first-order chi connectivity index (χ1) is 11.9. The highest BCUT2D eigenvalue weighted by molar-refractivity contribution is 14.1. The highest BCUT2D eigenvalue weighted by Gasteiger charge is 2.22. The molecular formula is C17H13IO7. The van der Waals surface area contributed by atoms with E-state index in [2.05, 4.69) is 0 Å². The quantitative estimate of drug-likeness (QED) is 0.520. The lowest BCUT2D eigenvalue weighted by molar-refractivity contribution is 0.372. The Kier molecular flexibility index (Phi) is 4.38. The van der Waals surface area contributed by atoms with E-state index < -0.39 is 16.9 Å². The molecule has 0 amide bonds. The van der Waals surface area contributed by atoms with Gasteiger partial charge in [0.2, 0.25) is 11.2 Å². The molecule has 2 aromatic carbocycles. The molecule has 0 aliphatic rings. The first-order valence-corrected chi connectivity index (χ1v) is 8.09. The van der Waals surface area contributed by atoms with E-state index in [0.717, 1.165) is 0 Å². The molecule has 130 valence electrons. The Balaban J connectivity index is 2.36. The third kappa shape index (κ3) is 2.72. The van der Waals surface area contributed by atoms with Gasteiger partial charge in [-0.2, -0.15) is 0 Å². The largest absolute Gasteiger partial charge is 0.504 e. The van der Waals surface area contributed by atoms with Crippen molar-refractivity contribution in [1.29, 1.82) is 0 Å². The Morgan fingerprint density at radius 1 is 1.04 bits per heavy atom. The fourth-order valence-corrected chi connectivity index (χ4v) is 3.24. The fraction of sp³-hybridized carbons (Fsp3) is 0.118. The Morgan fingerprint density at radius 3 is 2.40 bits per heavy atom. The third-order valence-electron chi connectivity index (χ3n) is 3.69. The van der Waals surface area contributed by atoms with Crippen molar-refractivity contribution < 1.29 is 29.2 Å². The van der Waals surface area contributed by atoms with E-state index in [9.17, 15) is 20.1 Å². The normalized spacial score (nSPS) is 10.8. The number of benzene rings is 2. The second kappa shape index (κ2) is 6.36. The summed E-state index contributed by atoms with van der Waals surface area (Å²) in [6.45, 7) is 0. The summed E-state index contributed by atoms with van der Waals surface area (Å²) < 4.78 is 16.3. The molecule has 0 atom stereocenters. The van der Waals surface area contributed by atoms with E-state index in [1.54, 1.807) is 0 Å². The van der Waals surface area contributed by atoms with Crippen LogP contribution in [0.4, 0.5) is 0 Å². The van der Waals surface area contributed by atoms with Crippen LogP contribution in [-0.2, 0) is 0 Å². The van der Waals surface area contributed by atoms with Crippen molar-refractivity contribution in [2.24, 2.45) is 0 Å². The number of hydrogen-bond donors (Lipinski definition) is 3. The van der Waals surface area contributed by atoms with Crippen LogP contribution in [0.3, 0.4) is 0 Å². The molecule has 3 N–H and O–H groups in total. The van der Waals surface area contributed by atoms with Gasteiger partial charge in [0.1, 0.15) is 11.0 Å². The molecule has 0 radical (unpaired) electrons. The van der Waals surface area contributed by atoms with Crippen LogP contribution in [0.2, 0.25) is 0 Å². The zero-order valence-corrected chi connectivity index (χ0v) is 15.3. The van der Waals surface area contributed by atoms with Crippen molar-refractivity contribution >= 4 is 33.6 Å². The van der Waals surface area contributed by atoms with E-state index in [1.165, 1.54) is 38.5 Å². The number of phenols is 2. The maximum absolute atomic E-state index is 12.5. The van der Waals surface area contributed by atoms with Crippen LogP contribution in [0.25, 0.3) is 22.3 Å². The van der Waals surface area contributed by atoms with Gasteiger partial charge < -0.3 is 29.2 Å². The molecule has 1 heterocycles. The molecule has 3 aromatic rings. The third-order valence-corrected chi connectivity index (χ3v) is 4.49. The Bertz CT molecular complexity index is 1040. The molecule has 8 heteroatoms. The molecule has 0 unspecified atom stereocenters. The lowest BCUT2D eigenvalue weighted by atomic mass is 10.1. The number of hydrogen-bond acceptors (Lipinski definition) is 7. The number of halogens is 1. The first kappa shape index (κ1) is 17.2. The smallest absolute Gasteiger partial charge is 0.238 e. The van der Waals surface area contributed by atoms with Crippen molar-refractivity contribution in [3.8, 4) is 40.1 Å². The standard InChI is InChI=1S/C17H13IO7/c1-23-10-5-7(3-4-9(10)19)16-15(22)13(20)12-11(25-16)6-8(18)17(24-2)14(12)21/h3-6,19,21-22H,1-2H3. The zero-order valence-electron chi connectivity index (χ0n) is 13.2. The van der Waals surface area contributed by atoms with Crippen LogP contribution < -0.4 is 14.9 Å². The summed E-state index contributed by atoms with van der Waals surface area (Å²) in [6, 6.07) is 5.77. The Morgan fingerprint density at radius 2 is 1.76 bits per heavy atom. The molecule has 0 aliphatic heterocycles. The molecule has 7 nitrogen and oxygen atoms in total. The summed E-state index contributed by atoms with van der Waals surface area (Å²) in [5.41, 5.74) is -0.375. The van der Waals surface area contributed by atoms with Gasteiger partial charge in [-0.3, -0.25) is 4.79 Å². The van der Waals surface area contributed by atoms with Crippen LogP contribution in [0, 0.1) is 3.57 Å². The van der Waals surface area contributed by atoms with E-state index in [-0.39, 0.29) is 34.0 Å². The monoisotopic (exact) mass is 456 g/mol. The van der Waals surface area contributed by atoms with Gasteiger partial charge >= 0.3 is 0 Å². The van der Waals surface area contributed by atoms with E-state index in [1.807, 2.05) is 22.6 Å². The van der Waals surface area contributed by atoms with Crippen LogP contribution in [0.1, 0.15) is 0 Å². The van der Waals surface area contributed by atoms with E-state index in [0.29, 0.717) is 9.13 Å². The van der Waals surface area contributed by atoms with Crippen molar-refractivity contribution in [1.82, 2.24) is 0 Å². The number of rotatable bonds is 3. The number of phenolic OH excluding ortho intramolecular Hbond substituents is 2. The van der Waals surface area contributed by atoms with Crippen molar-refractivity contribution in [2.45, 2.75) is 0 Å². The average molecular weight is 456 g/mol. The van der Waals surface area contributed by atoms with Gasteiger partial charge in [0, 0.05) is 5.56 Å². The Hall–Kier alpha value is -2.62. The minimum atomic E-state index is -0.796. The maximum Gasteiger partial charge on any atom is 0.238 e. The van der Waals surface area contributed by atoms with Crippen molar-refractivity contribution in [2.75, 3.05) is 14.2 Å². The highest BCUT2D eigenvalue weighted by atomic mass is 127. The topological polar surface area (TPSA) is 109 Å². The summed E-state index contributed by atoms with van der Waals surface area (Å²) in [5, 5.41) is 30.0. The SMILES string of the molecule is COc1cc(-c2oc3cc(I)c(OC)c(O)c3c(=O)c2O)ccc1O. The number of ether oxygens (including phenoxy) is 2. The minimum absolute atomic E-state index is 0.0903. The minimum Gasteiger partial charge on any atom is -0.504 e. The molecule has 25 heavy (non-hydrogen) atoms. The first-order valence-electron chi connectivity index (χ1n) is 7.01. The zero-order chi connectivity index (χ0) is 18.3. The van der Waals surface area contributed by atoms with Crippen molar-refractivity contribution in [3.05, 3.63) is 38.1 Å². The number of fused-ring (bicyclic) bond motifs is 1. The predicted octanol–water partition coefficient (Wildman–Crippen LogP) is 3.20. The van der Waals surface area contributed by atoms with Gasteiger partial charge in [0.05, 0.1) is 17.8 Å². The van der Waals surface area contributed by atoms with Gasteiger partial charge in [-0.05, 0) is 46.9 Å². The summed E-state index contributed by atoms with van der Waals surface area (Å²) in [7, 11) is 2.74. The molecule has 0 saturated carbocycles. The van der Waals surface area contributed by atoms with Crippen LogP contribution >= 0.6 is 22.6 Å². The van der Waals surface area contributed by atoms with Gasteiger partial charge in [0.15, 0.2) is 28.8 Å². The van der Waals surface area contributed by atoms with Gasteiger partial charge in [-0.1, -0.05) is 0 Å². The van der Waals surface area contributed by atoms with E-state index in [4.69, 9.17) is 13.9 Å². The lowest BCUT2D eigenvalue weighted by Gasteiger charge is -2.11. The summed E-state index contributed by atoms with van der Waals surface area (Å²) in [4.78, 5) is 12.5. The Labute approximate surface area is 155 Å². The van der Waals surface area contributed by atoms with Crippen molar-refractivity contribution in [3.63, 3.8) is 0 Å². The van der Waals surface area contributed by atoms with Gasteiger partial charge in [0.25, 0.3) is 0 Å². The summed E-state index contributed by atoms with van der Waals surface area (Å²) in [5.74, 6) is -0.977. The average Bonchev–Trinajstić information content (AvgIpc) is 2.58. The van der Waals surface area contributed by atoms with Gasteiger partial charge in [-0.15, -0.1) is 0 Å². The molecule has 1 aromatic heterocycles. The predicted molar refractivity (Wildman–Crippen MR) is 98.7 cm³/mol. The molecule has 3 rings (SSSR count). The molecular weight excluding hydrogens is 443 g/mol. The molecule has 0 bridgehead atoms. The van der Waals surface area contributed by atoms with E-state index >= 15 is 0 Å². The van der Waals surface area contributed by atoms with Gasteiger partial charge in [-0.25, -0.2) is 0 Å². The van der Waals surface area contributed by atoms with Crippen LogP contribution in [-0.4, -0.2) is 29.5 Å². The highest BCUT2D eigenvalue weighted by Crippen LogP contribution is 2.41. The fourth-order valence-electron chi connectivity index (χ4n) is 2.48. The van der Waals surface area contributed by atoms with Crippen LogP contribution in [0.5, 0.6) is 28.7 Å². The molecule has 0 aliphatic carbocycles. The molecule has 0 spiro atoms. The lowest BCUT2D eigenvalue weighted by Crippen LogP contribution is -2.04. The second-order valence-corrected chi connectivity index (χ2v) is 6.27. The maximum atomic E-state index is 12.5. The van der Waals surface area contributed by atoms with Crippen LogP contribution in [0.15, 0.2) is 33.5 Å². The number of methoxy groups -OCH3 is 2. The summed E-state index contributed by atoms with van der Waals surface area (Å²) >= 11 is 1.93. The second-order valence-electron chi connectivity index (χ2n) is 5.11.